The molecule has 2 N–H and O–H groups in total. The Kier molecular flexibility index (Phi) is 3.67. The molecule has 0 bridgehead atoms. The zero-order valence-electron chi connectivity index (χ0n) is 7.77. The fourth-order valence-electron chi connectivity index (χ4n) is 1.06. The van der Waals surface area contributed by atoms with Crippen molar-refractivity contribution in [3.8, 4) is 0 Å². The molecule has 0 unspecified atom stereocenters. The highest BCUT2D eigenvalue weighted by Gasteiger charge is 2.15. The molecule has 0 aliphatic carbocycles. The van der Waals surface area contributed by atoms with Crippen LogP contribution < -0.4 is 0 Å². The smallest absolute Gasteiger partial charge is 0.306 e. The normalized spacial score (nSPS) is 12.7. The molecule has 5 heteroatoms. The van der Waals surface area contributed by atoms with Crippen LogP contribution in [-0.4, -0.2) is 23.3 Å². The van der Waals surface area contributed by atoms with Gasteiger partial charge >= 0.3 is 5.97 Å². The van der Waals surface area contributed by atoms with Crippen molar-refractivity contribution in [2.24, 2.45) is 0 Å². The Morgan fingerprint density at radius 3 is 2.93 bits per heavy atom. The predicted molar refractivity (Wildman–Crippen MR) is 46.6 cm³/mol. The van der Waals surface area contributed by atoms with Crippen molar-refractivity contribution in [1.29, 1.82) is 0 Å². The van der Waals surface area contributed by atoms with E-state index in [0.29, 0.717) is 12.4 Å². The molecular weight excluding hydrogens is 188 g/mol. The highest BCUT2D eigenvalue weighted by atomic mass is 16.5. The van der Waals surface area contributed by atoms with Crippen LogP contribution in [0.2, 0.25) is 0 Å². The zero-order chi connectivity index (χ0) is 10.6. The number of hydrogen-bond acceptors (Lipinski definition) is 4. The van der Waals surface area contributed by atoms with Crippen LogP contribution in [0, 0.1) is 0 Å². The summed E-state index contributed by atoms with van der Waals surface area (Å²) >= 11 is 0. The largest absolute Gasteiger partial charge is 0.481 e. The Bertz CT molecular complexity index is 304. The van der Waals surface area contributed by atoms with Crippen LogP contribution in [0.1, 0.15) is 24.0 Å². The highest BCUT2D eigenvalue weighted by molar-refractivity contribution is 5.67. The fraction of sp³-hybridized carbons (Fsp3) is 0.444. The third-order valence-corrected chi connectivity index (χ3v) is 1.67. The molecule has 0 amide bonds. The molecule has 0 fully saturated rings. The average Bonchev–Trinajstić information content (AvgIpc) is 2.52. The standard InChI is InChI=1S/C9H12O5/c1-13-5-6-2-3-8(14-6)7(10)4-9(11)12/h2-3,7,10H,4-5H2,1H3,(H,11,12)/t7-/m0/s1. The summed E-state index contributed by atoms with van der Waals surface area (Å²) in [5.74, 6) is -0.256. The molecular formula is C9H12O5. The van der Waals surface area contributed by atoms with Gasteiger partial charge in [-0.25, -0.2) is 0 Å². The van der Waals surface area contributed by atoms with E-state index in [2.05, 4.69) is 0 Å². The zero-order valence-corrected chi connectivity index (χ0v) is 7.77. The number of carboxylic acids is 1. The molecule has 1 atom stereocenters. The second kappa shape index (κ2) is 4.78. The second-order valence-electron chi connectivity index (χ2n) is 2.85. The summed E-state index contributed by atoms with van der Waals surface area (Å²) in [6, 6.07) is 3.19. The van der Waals surface area contributed by atoms with E-state index in [4.69, 9.17) is 14.3 Å². The van der Waals surface area contributed by atoms with Gasteiger partial charge in [-0.15, -0.1) is 0 Å². The molecule has 0 aromatic carbocycles. The van der Waals surface area contributed by atoms with Crippen LogP contribution >= 0.6 is 0 Å². The first-order chi connectivity index (χ1) is 6.63. The SMILES string of the molecule is COCc1ccc([C@@H](O)CC(=O)O)o1. The van der Waals surface area contributed by atoms with E-state index in [9.17, 15) is 9.90 Å². The Hall–Kier alpha value is -1.33. The van der Waals surface area contributed by atoms with Crippen molar-refractivity contribution in [2.75, 3.05) is 7.11 Å². The summed E-state index contributed by atoms with van der Waals surface area (Å²) in [5.41, 5.74) is 0. The van der Waals surface area contributed by atoms with Gasteiger partial charge in [-0.2, -0.15) is 0 Å². The third kappa shape index (κ3) is 2.86. The van der Waals surface area contributed by atoms with E-state index in [0.717, 1.165) is 0 Å². The lowest BCUT2D eigenvalue weighted by atomic mass is 10.2. The molecule has 14 heavy (non-hydrogen) atoms. The lowest BCUT2D eigenvalue weighted by Crippen LogP contribution is -2.04. The molecule has 0 aliphatic heterocycles. The number of carboxylic acid groups (broad SMARTS) is 1. The van der Waals surface area contributed by atoms with Gasteiger partial charge < -0.3 is 19.4 Å². The molecule has 1 aromatic heterocycles. The summed E-state index contributed by atoms with van der Waals surface area (Å²) in [4.78, 5) is 10.3. The Morgan fingerprint density at radius 1 is 1.64 bits per heavy atom. The van der Waals surface area contributed by atoms with Crippen LogP contribution in [0.3, 0.4) is 0 Å². The number of aliphatic hydroxyl groups is 1. The van der Waals surface area contributed by atoms with Gasteiger partial charge in [0.1, 0.15) is 24.2 Å². The number of furan rings is 1. The fourth-order valence-corrected chi connectivity index (χ4v) is 1.06. The topological polar surface area (TPSA) is 79.9 Å². The molecule has 5 nitrogen and oxygen atoms in total. The van der Waals surface area contributed by atoms with E-state index in [1.807, 2.05) is 0 Å². The van der Waals surface area contributed by atoms with E-state index >= 15 is 0 Å². The number of carbonyl (C=O) groups is 1. The summed E-state index contributed by atoms with van der Waals surface area (Å²) in [6.07, 6.45) is -1.46. The molecule has 0 saturated carbocycles. The first kappa shape index (κ1) is 10.7. The average molecular weight is 200 g/mol. The lowest BCUT2D eigenvalue weighted by Gasteiger charge is -2.03. The lowest BCUT2D eigenvalue weighted by molar-refractivity contribution is -0.139. The van der Waals surface area contributed by atoms with Crippen LogP contribution in [-0.2, 0) is 16.1 Å². The molecule has 78 valence electrons. The van der Waals surface area contributed by atoms with Crippen molar-refractivity contribution in [1.82, 2.24) is 0 Å². The third-order valence-electron chi connectivity index (χ3n) is 1.67. The van der Waals surface area contributed by atoms with Crippen LogP contribution in [0.5, 0.6) is 0 Å². The van der Waals surface area contributed by atoms with Gasteiger partial charge in [0.25, 0.3) is 0 Å². The summed E-state index contributed by atoms with van der Waals surface area (Å²) in [7, 11) is 1.52. The van der Waals surface area contributed by atoms with Gasteiger partial charge in [0.05, 0.1) is 6.42 Å². The molecule has 1 aromatic rings. The molecule has 1 rings (SSSR count). The van der Waals surface area contributed by atoms with Gasteiger partial charge in [-0.3, -0.25) is 4.79 Å². The monoisotopic (exact) mass is 200 g/mol. The number of ether oxygens (including phenoxy) is 1. The minimum absolute atomic E-state index is 0.249. The van der Waals surface area contributed by atoms with Gasteiger partial charge in [-0.1, -0.05) is 0 Å². The Labute approximate surface area is 80.9 Å². The summed E-state index contributed by atoms with van der Waals surface area (Å²) < 4.78 is 9.96. The van der Waals surface area contributed by atoms with E-state index < -0.39 is 12.1 Å². The van der Waals surface area contributed by atoms with E-state index in [-0.39, 0.29) is 12.2 Å². The van der Waals surface area contributed by atoms with Gasteiger partial charge in [0, 0.05) is 7.11 Å². The van der Waals surface area contributed by atoms with Crippen LogP contribution in [0.4, 0.5) is 0 Å². The van der Waals surface area contributed by atoms with Gasteiger partial charge in [0.2, 0.25) is 0 Å². The maximum Gasteiger partial charge on any atom is 0.306 e. The molecule has 0 spiro atoms. The van der Waals surface area contributed by atoms with E-state index in [1.165, 1.54) is 7.11 Å². The van der Waals surface area contributed by atoms with Crippen LogP contribution in [0.25, 0.3) is 0 Å². The number of rotatable bonds is 5. The van der Waals surface area contributed by atoms with Crippen molar-refractivity contribution < 1.29 is 24.2 Å². The maximum atomic E-state index is 10.3. The first-order valence-electron chi connectivity index (χ1n) is 4.11. The second-order valence-corrected chi connectivity index (χ2v) is 2.85. The van der Waals surface area contributed by atoms with Gasteiger partial charge in [-0.05, 0) is 12.1 Å². The van der Waals surface area contributed by atoms with Crippen molar-refractivity contribution in [3.05, 3.63) is 23.7 Å². The van der Waals surface area contributed by atoms with Gasteiger partial charge in [0.15, 0.2) is 0 Å². The highest BCUT2D eigenvalue weighted by Crippen LogP contribution is 2.19. The quantitative estimate of drug-likeness (QED) is 0.739. The van der Waals surface area contributed by atoms with Crippen molar-refractivity contribution >= 4 is 5.97 Å². The molecule has 0 saturated heterocycles. The first-order valence-corrected chi connectivity index (χ1v) is 4.11. The minimum atomic E-state index is -1.10. The number of methoxy groups -OCH3 is 1. The summed E-state index contributed by atoms with van der Waals surface area (Å²) in [5, 5.41) is 17.8. The maximum absolute atomic E-state index is 10.3. The molecule has 0 radical (unpaired) electrons. The number of hydrogen-bond donors (Lipinski definition) is 2. The number of aliphatic hydroxyl groups excluding tert-OH is 1. The molecule has 1 heterocycles. The number of aliphatic carboxylic acids is 1. The molecule has 0 aliphatic rings. The predicted octanol–water partition coefficient (Wildman–Crippen LogP) is 0.934. The van der Waals surface area contributed by atoms with Crippen LogP contribution in [0.15, 0.2) is 16.5 Å². The van der Waals surface area contributed by atoms with E-state index in [1.54, 1.807) is 12.1 Å². The van der Waals surface area contributed by atoms with Crippen molar-refractivity contribution in [3.63, 3.8) is 0 Å². The Morgan fingerprint density at radius 2 is 2.36 bits per heavy atom. The minimum Gasteiger partial charge on any atom is -0.481 e. The summed E-state index contributed by atoms with van der Waals surface area (Å²) in [6.45, 7) is 0.305. The Balaban J connectivity index is 2.61. The van der Waals surface area contributed by atoms with Crippen molar-refractivity contribution in [2.45, 2.75) is 19.1 Å².